The van der Waals surface area contributed by atoms with Crippen LogP contribution in [0.15, 0.2) is 60.7 Å². The van der Waals surface area contributed by atoms with Gasteiger partial charge in [-0.25, -0.2) is 0 Å². The number of methoxy groups -OCH3 is 4. The zero-order valence-corrected chi connectivity index (χ0v) is 23.0. The van der Waals surface area contributed by atoms with Gasteiger partial charge in [-0.1, -0.05) is 43.3 Å². The fourth-order valence-corrected chi connectivity index (χ4v) is 5.29. The van der Waals surface area contributed by atoms with Crippen LogP contribution in [0.3, 0.4) is 0 Å². The highest BCUT2D eigenvalue weighted by atomic mass is 16.5. The van der Waals surface area contributed by atoms with Gasteiger partial charge in [0.15, 0.2) is 23.0 Å². The highest BCUT2D eigenvalue weighted by Gasteiger charge is 2.37. The fourth-order valence-electron chi connectivity index (χ4n) is 5.29. The molecule has 1 aliphatic rings. The lowest BCUT2D eigenvalue weighted by molar-refractivity contribution is -0.128. The Hall–Kier alpha value is -3.71. The number of nitrogens with zero attached hydrogens (tertiary/aromatic N) is 1. The van der Waals surface area contributed by atoms with Crippen molar-refractivity contribution < 1.29 is 23.7 Å². The minimum atomic E-state index is -0.436. The van der Waals surface area contributed by atoms with Crippen LogP contribution in [0.25, 0.3) is 0 Å². The third-order valence-electron chi connectivity index (χ3n) is 7.17. The summed E-state index contributed by atoms with van der Waals surface area (Å²) in [4.78, 5) is 16.0. The minimum Gasteiger partial charge on any atom is -0.493 e. The number of carbonyl (C=O) groups is 1. The van der Waals surface area contributed by atoms with Crippen LogP contribution in [0.1, 0.15) is 47.7 Å². The molecule has 1 heterocycles. The van der Waals surface area contributed by atoms with Gasteiger partial charge in [-0.15, -0.1) is 0 Å². The van der Waals surface area contributed by atoms with Gasteiger partial charge in [-0.3, -0.25) is 9.69 Å². The summed E-state index contributed by atoms with van der Waals surface area (Å²) in [6.07, 6.45) is 2.35. The average molecular weight is 519 g/mol. The number of benzene rings is 3. The molecule has 2 atom stereocenters. The summed E-state index contributed by atoms with van der Waals surface area (Å²) in [5.41, 5.74) is 4.39. The number of rotatable bonds is 11. The fraction of sp³-hybridized carbons (Fsp3) is 0.387. The molecule has 3 aromatic rings. The van der Waals surface area contributed by atoms with Gasteiger partial charge in [0.2, 0.25) is 5.91 Å². The Kier molecular flexibility index (Phi) is 9.13. The largest absolute Gasteiger partial charge is 0.493 e. The molecule has 1 aliphatic heterocycles. The van der Waals surface area contributed by atoms with Crippen LogP contribution in [-0.4, -0.2) is 52.3 Å². The van der Waals surface area contributed by atoms with E-state index in [1.807, 2.05) is 42.5 Å². The third kappa shape index (κ3) is 5.73. The molecule has 38 heavy (non-hydrogen) atoms. The maximum absolute atomic E-state index is 13.7. The van der Waals surface area contributed by atoms with Crippen LogP contribution in [-0.2, 0) is 17.6 Å². The summed E-state index contributed by atoms with van der Waals surface area (Å²) in [5.74, 6) is 2.77. The number of hydrogen-bond acceptors (Lipinski definition) is 6. The van der Waals surface area contributed by atoms with Crippen molar-refractivity contribution in [3.05, 3.63) is 82.9 Å². The normalized spacial score (nSPS) is 15.8. The van der Waals surface area contributed by atoms with E-state index in [2.05, 4.69) is 35.3 Å². The van der Waals surface area contributed by atoms with Gasteiger partial charge in [-0.2, -0.15) is 0 Å². The molecule has 1 amide bonds. The molecule has 0 saturated heterocycles. The molecule has 7 heteroatoms. The molecule has 0 spiro atoms. The van der Waals surface area contributed by atoms with Crippen molar-refractivity contribution in [1.82, 2.24) is 10.2 Å². The van der Waals surface area contributed by atoms with Crippen molar-refractivity contribution in [2.75, 3.05) is 41.5 Å². The Labute approximate surface area is 225 Å². The zero-order valence-electron chi connectivity index (χ0n) is 23.0. The van der Waals surface area contributed by atoms with Crippen LogP contribution in [0.4, 0.5) is 0 Å². The highest BCUT2D eigenvalue weighted by Crippen LogP contribution is 2.43. The van der Waals surface area contributed by atoms with Gasteiger partial charge in [0, 0.05) is 19.1 Å². The monoisotopic (exact) mass is 518 g/mol. The Morgan fingerprint density at radius 1 is 0.895 bits per heavy atom. The molecular weight excluding hydrogens is 480 g/mol. The lowest BCUT2D eigenvalue weighted by Gasteiger charge is -2.42. The van der Waals surface area contributed by atoms with Gasteiger partial charge >= 0.3 is 0 Å². The maximum atomic E-state index is 13.7. The molecule has 202 valence electrons. The first-order valence-electron chi connectivity index (χ1n) is 13.1. The molecule has 7 nitrogen and oxygen atoms in total. The molecule has 4 rings (SSSR count). The van der Waals surface area contributed by atoms with Crippen molar-refractivity contribution in [3.8, 4) is 23.0 Å². The van der Waals surface area contributed by atoms with E-state index in [1.165, 1.54) is 5.56 Å². The number of fused-ring (bicyclic) bond motifs is 1. The van der Waals surface area contributed by atoms with Crippen molar-refractivity contribution in [1.29, 1.82) is 0 Å². The topological polar surface area (TPSA) is 69.3 Å². The number of hydrogen-bond donors (Lipinski definition) is 1. The number of ether oxygens (including phenoxy) is 4. The molecule has 0 radical (unpaired) electrons. The maximum Gasteiger partial charge on any atom is 0.241 e. The average Bonchev–Trinajstić information content (AvgIpc) is 2.96. The van der Waals surface area contributed by atoms with Crippen molar-refractivity contribution >= 4 is 5.91 Å². The summed E-state index contributed by atoms with van der Waals surface area (Å²) in [7, 11) is 6.59. The molecule has 0 saturated carbocycles. The summed E-state index contributed by atoms with van der Waals surface area (Å²) in [6, 6.07) is 19.6. The first-order valence-corrected chi connectivity index (χ1v) is 13.1. The van der Waals surface area contributed by atoms with E-state index in [9.17, 15) is 4.79 Å². The molecular formula is C31H38N2O5. The van der Waals surface area contributed by atoms with Crippen LogP contribution in [0, 0.1) is 0 Å². The number of amides is 1. The van der Waals surface area contributed by atoms with E-state index < -0.39 is 6.04 Å². The molecule has 0 aromatic heterocycles. The van der Waals surface area contributed by atoms with E-state index in [4.69, 9.17) is 18.9 Å². The molecule has 0 aliphatic carbocycles. The zero-order chi connectivity index (χ0) is 27.1. The predicted octanol–water partition coefficient (Wildman–Crippen LogP) is 5.13. The van der Waals surface area contributed by atoms with Gasteiger partial charge in [0.05, 0.1) is 28.4 Å². The van der Waals surface area contributed by atoms with E-state index in [1.54, 1.807) is 28.4 Å². The predicted molar refractivity (Wildman–Crippen MR) is 148 cm³/mol. The lowest BCUT2D eigenvalue weighted by atomic mass is 9.86. The van der Waals surface area contributed by atoms with Crippen molar-refractivity contribution in [2.24, 2.45) is 0 Å². The second kappa shape index (κ2) is 12.7. The Bertz CT molecular complexity index is 1230. The number of nitrogens with one attached hydrogen (secondary N) is 1. The van der Waals surface area contributed by atoms with Crippen LogP contribution >= 0.6 is 0 Å². The quantitative estimate of drug-likeness (QED) is 0.380. The Morgan fingerprint density at radius 2 is 1.55 bits per heavy atom. The van der Waals surface area contributed by atoms with Crippen LogP contribution in [0.5, 0.6) is 23.0 Å². The molecule has 3 aromatic carbocycles. The van der Waals surface area contributed by atoms with Gasteiger partial charge < -0.3 is 24.3 Å². The second-order valence-corrected chi connectivity index (χ2v) is 9.41. The first-order chi connectivity index (χ1) is 18.5. The summed E-state index contributed by atoms with van der Waals surface area (Å²) in [6.45, 7) is 3.42. The molecule has 0 bridgehead atoms. The number of carbonyl (C=O) groups excluding carboxylic acids is 1. The Balaban J connectivity index is 1.83. The van der Waals surface area contributed by atoms with Gasteiger partial charge in [-0.05, 0) is 65.8 Å². The molecule has 0 unspecified atom stereocenters. The lowest BCUT2D eigenvalue weighted by Crippen LogP contribution is -2.46. The summed E-state index contributed by atoms with van der Waals surface area (Å²) >= 11 is 0. The van der Waals surface area contributed by atoms with Crippen molar-refractivity contribution in [3.63, 3.8) is 0 Å². The highest BCUT2D eigenvalue weighted by molar-refractivity contribution is 5.83. The van der Waals surface area contributed by atoms with Crippen molar-refractivity contribution in [2.45, 2.75) is 38.3 Å². The molecule has 1 N–H and O–H groups in total. The van der Waals surface area contributed by atoms with E-state index >= 15 is 0 Å². The summed E-state index contributed by atoms with van der Waals surface area (Å²) < 4.78 is 22.3. The van der Waals surface area contributed by atoms with Crippen LogP contribution < -0.4 is 24.3 Å². The minimum absolute atomic E-state index is 0.0132. The Morgan fingerprint density at radius 3 is 2.21 bits per heavy atom. The molecule has 0 fully saturated rings. The summed E-state index contributed by atoms with van der Waals surface area (Å²) in [5, 5.41) is 3.15. The third-order valence-corrected chi connectivity index (χ3v) is 7.17. The van der Waals surface area contributed by atoms with E-state index in [0.29, 0.717) is 36.0 Å². The van der Waals surface area contributed by atoms with E-state index in [-0.39, 0.29) is 11.9 Å². The van der Waals surface area contributed by atoms with Crippen LogP contribution in [0.2, 0.25) is 0 Å². The first kappa shape index (κ1) is 27.3. The van der Waals surface area contributed by atoms with E-state index in [0.717, 1.165) is 36.1 Å². The smallest absolute Gasteiger partial charge is 0.241 e. The second-order valence-electron chi connectivity index (χ2n) is 9.41. The standard InChI is InChI=1S/C31H38N2O5/c1-6-15-32-31(34)30(22-10-8-7-9-11-22)33-16-14-23-19-28(37-4)29(38-5)20-24(23)25(33)17-21-12-13-26(35-2)27(18-21)36-3/h7-13,18-20,25,30H,6,14-17H2,1-5H3,(H,32,34)/t25-,30+/m0/s1. The van der Waals surface area contributed by atoms with Gasteiger partial charge in [0.25, 0.3) is 0 Å². The SMILES string of the molecule is CCCNC(=O)[C@@H](c1ccccc1)N1CCc2cc(OC)c(OC)cc2[C@@H]1Cc1ccc(OC)c(OC)c1. The van der Waals surface area contributed by atoms with Gasteiger partial charge in [0.1, 0.15) is 6.04 Å².